The fourth-order valence-corrected chi connectivity index (χ4v) is 2.16. The lowest BCUT2D eigenvalue weighted by atomic mass is 10.1. The van der Waals surface area contributed by atoms with Crippen molar-refractivity contribution in [1.82, 2.24) is 0 Å². The molecular weight excluding hydrogens is 306 g/mol. The molecule has 3 N–H and O–H groups in total. The Bertz CT molecular complexity index is 917. The predicted octanol–water partition coefficient (Wildman–Crippen LogP) is 3.06. The third kappa shape index (κ3) is 2.76. The van der Waals surface area contributed by atoms with Crippen LogP contribution in [0.2, 0.25) is 0 Å². The number of carbonyl (C=O) groups is 2. The van der Waals surface area contributed by atoms with Crippen LogP contribution in [-0.4, -0.2) is 11.8 Å². The third-order valence-corrected chi connectivity index (χ3v) is 3.22. The minimum atomic E-state index is -0.906. The van der Waals surface area contributed by atoms with Crippen molar-refractivity contribution < 1.29 is 22.8 Å². The highest BCUT2D eigenvalue weighted by atomic mass is 19.1. The van der Waals surface area contributed by atoms with Crippen molar-refractivity contribution in [3.05, 3.63) is 65.4 Å². The zero-order valence-electron chi connectivity index (χ0n) is 11.6. The highest BCUT2D eigenvalue weighted by Crippen LogP contribution is 2.31. The molecule has 0 radical (unpaired) electrons. The minimum Gasteiger partial charge on any atom is -0.449 e. The highest BCUT2D eigenvalue weighted by Gasteiger charge is 2.21. The fraction of sp³-hybridized carbons (Fsp3) is 0. The molecule has 0 bridgehead atoms. The molecule has 0 saturated heterocycles. The van der Waals surface area contributed by atoms with E-state index in [1.807, 2.05) is 0 Å². The van der Waals surface area contributed by atoms with E-state index in [0.29, 0.717) is 5.39 Å². The minimum absolute atomic E-state index is 0.0434. The summed E-state index contributed by atoms with van der Waals surface area (Å²) in [7, 11) is 0. The lowest BCUT2D eigenvalue weighted by molar-refractivity contribution is 0.0977. The fourth-order valence-electron chi connectivity index (χ4n) is 2.16. The van der Waals surface area contributed by atoms with Crippen molar-refractivity contribution in [3.8, 4) is 0 Å². The summed E-state index contributed by atoms with van der Waals surface area (Å²) in [6.07, 6.45) is 0. The molecule has 0 atom stereocenters. The molecular formula is C16H10F2N2O3. The Morgan fingerprint density at radius 2 is 1.65 bits per heavy atom. The molecule has 3 rings (SSSR count). The van der Waals surface area contributed by atoms with Crippen LogP contribution in [0, 0.1) is 11.6 Å². The molecule has 2 aromatic carbocycles. The molecule has 5 nitrogen and oxygen atoms in total. The number of carbonyl (C=O) groups excluding carboxylic acids is 2. The van der Waals surface area contributed by atoms with E-state index < -0.39 is 23.4 Å². The zero-order valence-corrected chi connectivity index (χ0v) is 11.6. The Morgan fingerprint density at radius 1 is 1.00 bits per heavy atom. The zero-order chi connectivity index (χ0) is 16.6. The molecule has 0 spiro atoms. The highest BCUT2D eigenvalue weighted by molar-refractivity contribution is 6.14. The van der Waals surface area contributed by atoms with Crippen LogP contribution >= 0.6 is 0 Å². The van der Waals surface area contributed by atoms with E-state index in [0.717, 1.165) is 24.3 Å². The van der Waals surface area contributed by atoms with Gasteiger partial charge in [-0.25, -0.2) is 8.78 Å². The second-order valence-electron chi connectivity index (χ2n) is 4.77. The molecule has 0 aliphatic rings. The maximum atomic E-state index is 13.2. The first-order chi connectivity index (χ1) is 11.0. The normalized spacial score (nSPS) is 10.7. The summed E-state index contributed by atoms with van der Waals surface area (Å²) in [4.78, 5) is 23.7. The van der Waals surface area contributed by atoms with Crippen molar-refractivity contribution in [1.29, 1.82) is 0 Å². The molecule has 0 aliphatic heterocycles. The summed E-state index contributed by atoms with van der Waals surface area (Å²) in [6, 6.07) is 8.44. The van der Waals surface area contributed by atoms with Gasteiger partial charge in [0, 0.05) is 17.0 Å². The standard InChI is InChI=1S/C16H10F2N2O3/c17-9-3-1-8(2-4-9)16(22)20-13-11-6-5-10(18)7-12(11)23-14(13)15(19)21/h1-7H,(H2,19,21)(H,20,22). The number of furan rings is 1. The monoisotopic (exact) mass is 316 g/mol. The first kappa shape index (κ1) is 14.7. The van der Waals surface area contributed by atoms with Gasteiger partial charge < -0.3 is 15.5 Å². The number of rotatable bonds is 3. The predicted molar refractivity (Wildman–Crippen MR) is 79.0 cm³/mol. The molecule has 1 heterocycles. The number of benzene rings is 2. The van der Waals surface area contributed by atoms with E-state index >= 15 is 0 Å². The average molecular weight is 316 g/mol. The first-order valence-corrected chi connectivity index (χ1v) is 6.54. The number of fused-ring (bicyclic) bond motifs is 1. The average Bonchev–Trinajstić information content (AvgIpc) is 2.86. The second-order valence-corrected chi connectivity index (χ2v) is 4.77. The van der Waals surface area contributed by atoms with Crippen LogP contribution in [-0.2, 0) is 0 Å². The van der Waals surface area contributed by atoms with Crippen molar-refractivity contribution in [2.24, 2.45) is 5.73 Å². The van der Waals surface area contributed by atoms with Crippen molar-refractivity contribution >= 4 is 28.5 Å². The van der Waals surface area contributed by atoms with Crippen molar-refractivity contribution in [2.75, 3.05) is 5.32 Å². The number of amides is 2. The van der Waals surface area contributed by atoms with Crippen LogP contribution in [0.25, 0.3) is 11.0 Å². The number of halogens is 2. The van der Waals surface area contributed by atoms with Gasteiger partial charge in [-0.3, -0.25) is 9.59 Å². The van der Waals surface area contributed by atoms with E-state index in [1.165, 1.54) is 18.2 Å². The number of anilines is 1. The van der Waals surface area contributed by atoms with Gasteiger partial charge in [0.25, 0.3) is 11.8 Å². The summed E-state index contributed by atoms with van der Waals surface area (Å²) in [5, 5.41) is 2.82. The van der Waals surface area contributed by atoms with E-state index in [-0.39, 0.29) is 22.6 Å². The van der Waals surface area contributed by atoms with Gasteiger partial charge in [0.2, 0.25) is 5.76 Å². The van der Waals surface area contributed by atoms with Gasteiger partial charge in [0.05, 0.1) is 0 Å². The van der Waals surface area contributed by atoms with Gasteiger partial charge in [-0.15, -0.1) is 0 Å². The first-order valence-electron chi connectivity index (χ1n) is 6.54. The Kier molecular flexibility index (Phi) is 3.53. The largest absolute Gasteiger partial charge is 0.449 e. The maximum Gasteiger partial charge on any atom is 0.286 e. The number of hydrogen-bond acceptors (Lipinski definition) is 3. The summed E-state index contributed by atoms with van der Waals surface area (Å²) in [6.45, 7) is 0. The molecule has 0 aliphatic carbocycles. The van der Waals surface area contributed by atoms with Crippen LogP contribution in [0.3, 0.4) is 0 Å². The molecule has 2 amide bonds. The van der Waals surface area contributed by atoms with Crippen LogP contribution < -0.4 is 11.1 Å². The van der Waals surface area contributed by atoms with Gasteiger partial charge >= 0.3 is 0 Å². The molecule has 116 valence electrons. The Hall–Kier alpha value is -3.22. The number of nitrogens with two attached hydrogens (primary N) is 1. The molecule has 0 saturated carbocycles. The topological polar surface area (TPSA) is 85.3 Å². The second kappa shape index (κ2) is 5.53. The maximum absolute atomic E-state index is 13.2. The van der Waals surface area contributed by atoms with Crippen molar-refractivity contribution in [3.63, 3.8) is 0 Å². The smallest absolute Gasteiger partial charge is 0.286 e. The van der Waals surface area contributed by atoms with Crippen LogP contribution in [0.15, 0.2) is 46.9 Å². The van der Waals surface area contributed by atoms with E-state index in [2.05, 4.69) is 5.32 Å². The number of hydrogen-bond donors (Lipinski definition) is 2. The molecule has 23 heavy (non-hydrogen) atoms. The molecule has 0 unspecified atom stereocenters. The van der Waals surface area contributed by atoms with Crippen molar-refractivity contribution in [2.45, 2.75) is 0 Å². The Balaban J connectivity index is 2.04. The van der Waals surface area contributed by atoms with E-state index in [4.69, 9.17) is 10.2 Å². The molecule has 3 aromatic rings. The lowest BCUT2D eigenvalue weighted by Crippen LogP contribution is -2.17. The molecule has 1 aromatic heterocycles. The summed E-state index contributed by atoms with van der Waals surface area (Å²) in [5.74, 6) is -2.82. The molecule has 0 fully saturated rings. The van der Waals surface area contributed by atoms with Crippen LogP contribution in [0.4, 0.5) is 14.5 Å². The Labute approximate surface area is 128 Å². The van der Waals surface area contributed by atoms with E-state index in [1.54, 1.807) is 0 Å². The van der Waals surface area contributed by atoms with Gasteiger partial charge in [0.1, 0.15) is 22.9 Å². The summed E-state index contributed by atoms with van der Waals surface area (Å²) < 4.78 is 31.4. The van der Waals surface area contributed by atoms with E-state index in [9.17, 15) is 18.4 Å². The third-order valence-electron chi connectivity index (χ3n) is 3.22. The number of primary amides is 1. The van der Waals surface area contributed by atoms with Gasteiger partial charge in [-0.05, 0) is 36.4 Å². The Morgan fingerprint density at radius 3 is 2.30 bits per heavy atom. The lowest BCUT2D eigenvalue weighted by Gasteiger charge is -2.05. The van der Waals surface area contributed by atoms with Gasteiger partial charge in [-0.1, -0.05) is 0 Å². The quantitative estimate of drug-likeness (QED) is 0.778. The van der Waals surface area contributed by atoms with Gasteiger partial charge in [0.15, 0.2) is 0 Å². The number of nitrogens with one attached hydrogen (secondary N) is 1. The summed E-state index contributed by atoms with van der Waals surface area (Å²) >= 11 is 0. The van der Waals surface area contributed by atoms with Crippen LogP contribution in [0.1, 0.15) is 20.9 Å². The van der Waals surface area contributed by atoms with Crippen LogP contribution in [0.5, 0.6) is 0 Å². The SMILES string of the molecule is NC(=O)c1oc2cc(F)ccc2c1NC(=O)c1ccc(F)cc1. The van der Waals surface area contributed by atoms with Gasteiger partial charge in [-0.2, -0.15) is 0 Å². The molecule has 7 heteroatoms. The summed E-state index contributed by atoms with van der Waals surface area (Å²) in [5.41, 5.74) is 5.52.